The Morgan fingerprint density at radius 2 is 2.27 bits per heavy atom. The van der Waals surface area contributed by atoms with Crippen LogP contribution in [0.4, 0.5) is 0 Å². The highest BCUT2D eigenvalue weighted by atomic mass is 16.4. The lowest BCUT2D eigenvalue weighted by atomic mass is 10.0. The summed E-state index contributed by atoms with van der Waals surface area (Å²) < 4.78 is 0. The number of aromatic carboxylic acids is 1. The lowest BCUT2D eigenvalue weighted by Crippen LogP contribution is -2.21. The maximum absolute atomic E-state index is 11.5. The molecule has 0 aliphatic heterocycles. The Bertz CT molecular complexity index is 457. The first-order valence-corrected chi connectivity index (χ1v) is 5.04. The van der Waals surface area contributed by atoms with Crippen molar-refractivity contribution in [3.63, 3.8) is 0 Å². The van der Waals surface area contributed by atoms with E-state index in [9.17, 15) is 9.59 Å². The van der Waals surface area contributed by atoms with Crippen LogP contribution >= 0.6 is 0 Å². The molecule has 80 valence electrons. The summed E-state index contributed by atoms with van der Waals surface area (Å²) in [5.74, 6) is -0.559. The van der Waals surface area contributed by atoms with Gasteiger partial charge < -0.3 is 10.1 Å². The number of aromatic nitrogens is 1. The summed E-state index contributed by atoms with van der Waals surface area (Å²) in [5.41, 5.74) is 0.817. The second-order valence-corrected chi connectivity index (χ2v) is 4.13. The number of rotatable bonds is 3. The number of aromatic amines is 1. The number of carbonyl (C=O) groups is 1. The topological polar surface area (TPSA) is 70.2 Å². The van der Waals surface area contributed by atoms with E-state index in [0.29, 0.717) is 17.9 Å². The van der Waals surface area contributed by atoms with Crippen LogP contribution in [0, 0.1) is 12.8 Å². The monoisotopic (exact) mass is 207 g/mol. The molecule has 0 atom stereocenters. The Morgan fingerprint density at radius 3 is 2.80 bits per heavy atom. The zero-order valence-electron chi connectivity index (χ0n) is 8.54. The average Bonchev–Trinajstić information content (AvgIpc) is 2.85. The Kier molecular flexibility index (Phi) is 2.34. The standard InChI is InChI=1S/C11H13NO3/c1-6-4-8(5-7-2-3-7)9(11(14)15)10(13)12-6/h4,7H,2-3,5H2,1H3,(H,12,13)(H,14,15). The molecule has 1 heterocycles. The van der Waals surface area contributed by atoms with Crippen molar-refractivity contribution in [2.24, 2.45) is 5.92 Å². The molecular weight excluding hydrogens is 194 g/mol. The van der Waals surface area contributed by atoms with Crippen LogP contribution in [0.15, 0.2) is 10.9 Å². The molecule has 0 aromatic carbocycles. The van der Waals surface area contributed by atoms with Crippen LogP contribution in [0.1, 0.15) is 34.5 Å². The van der Waals surface area contributed by atoms with Crippen LogP contribution in [0.3, 0.4) is 0 Å². The zero-order chi connectivity index (χ0) is 11.0. The maximum Gasteiger partial charge on any atom is 0.341 e. The third kappa shape index (κ3) is 2.09. The summed E-state index contributed by atoms with van der Waals surface area (Å²) in [6.45, 7) is 1.77. The molecule has 4 heteroatoms. The van der Waals surface area contributed by atoms with E-state index in [0.717, 1.165) is 18.5 Å². The quantitative estimate of drug-likeness (QED) is 0.785. The summed E-state index contributed by atoms with van der Waals surface area (Å²) >= 11 is 0. The van der Waals surface area contributed by atoms with E-state index in [1.807, 2.05) is 0 Å². The molecular formula is C11H13NO3. The minimum absolute atomic E-state index is 0.0903. The number of H-pyrrole nitrogens is 1. The van der Waals surface area contributed by atoms with Gasteiger partial charge in [-0.2, -0.15) is 0 Å². The van der Waals surface area contributed by atoms with Crippen molar-refractivity contribution in [2.45, 2.75) is 26.2 Å². The Labute approximate surface area is 87.0 Å². The first-order chi connectivity index (χ1) is 7.08. The number of nitrogens with one attached hydrogen (secondary N) is 1. The van der Waals surface area contributed by atoms with E-state index in [2.05, 4.69) is 4.98 Å². The number of aryl methyl sites for hydroxylation is 1. The number of hydrogen-bond acceptors (Lipinski definition) is 2. The van der Waals surface area contributed by atoms with Gasteiger partial charge in [0.05, 0.1) is 0 Å². The van der Waals surface area contributed by atoms with Gasteiger partial charge in [-0.05, 0) is 43.7 Å². The molecule has 1 aromatic rings. The van der Waals surface area contributed by atoms with Crippen LogP contribution in [0.25, 0.3) is 0 Å². The van der Waals surface area contributed by atoms with E-state index in [-0.39, 0.29) is 5.56 Å². The number of pyridine rings is 1. The minimum Gasteiger partial charge on any atom is -0.477 e. The molecule has 0 spiro atoms. The van der Waals surface area contributed by atoms with Gasteiger partial charge in [-0.1, -0.05) is 0 Å². The third-order valence-corrected chi connectivity index (χ3v) is 2.67. The molecule has 1 fully saturated rings. The van der Waals surface area contributed by atoms with Gasteiger partial charge in [0.1, 0.15) is 5.56 Å². The van der Waals surface area contributed by atoms with Crippen molar-refractivity contribution < 1.29 is 9.90 Å². The molecule has 1 aliphatic rings. The second-order valence-electron chi connectivity index (χ2n) is 4.13. The minimum atomic E-state index is -1.13. The first-order valence-electron chi connectivity index (χ1n) is 5.04. The fourth-order valence-electron chi connectivity index (χ4n) is 1.79. The fraction of sp³-hybridized carbons (Fsp3) is 0.455. The molecule has 0 bridgehead atoms. The fourth-order valence-corrected chi connectivity index (χ4v) is 1.79. The van der Waals surface area contributed by atoms with E-state index in [4.69, 9.17) is 5.11 Å². The number of hydrogen-bond donors (Lipinski definition) is 2. The smallest absolute Gasteiger partial charge is 0.341 e. The molecule has 4 nitrogen and oxygen atoms in total. The van der Waals surface area contributed by atoms with E-state index in [1.54, 1.807) is 13.0 Å². The van der Waals surface area contributed by atoms with E-state index < -0.39 is 11.5 Å². The summed E-state index contributed by atoms with van der Waals surface area (Å²) in [6, 6.07) is 1.77. The maximum atomic E-state index is 11.5. The molecule has 1 saturated carbocycles. The summed E-state index contributed by atoms with van der Waals surface area (Å²) in [6.07, 6.45) is 3.00. The molecule has 15 heavy (non-hydrogen) atoms. The molecule has 0 radical (unpaired) electrons. The molecule has 2 rings (SSSR count). The summed E-state index contributed by atoms with van der Waals surface area (Å²) in [5, 5.41) is 8.95. The van der Waals surface area contributed by atoms with Crippen molar-refractivity contribution in [3.05, 3.63) is 33.2 Å². The molecule has 0 amide bonds. The van der Waals surface area contributed by atoms with Crippen molar-refractivity contribution in [1.29, 1.82) is 0 Å². The van der Waals surface area contributed by atoms with Crippen molar-refractivity contribution >= 4 is 5.97 Å². The van der Waals surface area contributed by atoms with E-state index in [1.165, 1.54) is 0 Å². The summed E-state index contributed by atoms with van der Waals surface area (Å²) in [7, 11) is 0. The van der Waals surface area contributed by atoms with Crippen LogP contribution in [-0.4, -0.2) is 16.1 Å². The highest BCUT2D eigenvalue weighted by Gasteiger charge is 2.25. The zero-order valence-corrected chi connectivity index (χ0v) is 8.54. The molecule has 1 aromatic heterocycles. The van der Waals surface area contributed by atoms with Gasteiger partial charge in [-0.3, -0.25) is 4.79 Å². The van der Waals surface area contributed by atoms with Crippen LogP contribution in [0.2, 0.25) is 0 Å². The molecule has 1 aliphatic carbocycles. The first kappa shape index (κ1) is 9.96. The molecule has 2 N–H and O–H groups in total. The van der Waals surface area contributed by atoms with Gasteiger partial charge >= 0.3 is 5.97 Å². The highest BCUT2D eigenvalue weighted by Crippen LogP contribution is 2.33. The van der Waals surface area contributed by atoms with Gasteiger partial charge in [-0.15, -0.1) is 0 Å². The highest BCUT2D eigenvalue weighted by molar-refractivity contribution is 5.88. The SMILES string of the molecule is Cc1cc(CC2CC2)c(C(=O)O)c(=O)[nH]1. The Morgan fingerprint density at radius 1 is 1.60 bits per heavy atom. The lowest BCUT2D eigenvalue weighted by molar-refractivity contribution is 0.0693. The molecule has 0 saturated heterocycles. The Balaban J connectivity index is 2.47. The average molecular weight is 207 g/mol. The molecule has 0 unspecified atom stereocenters. The lowest BCUT2D eigenvalue weighted by Gasteiger charge is -2.05. The predicted molar refractivity (Wildman–Crippen MR) is 55.2 cm³/mol. The van der Waals surface area contributed by atoms with Crippen molar-refractivity contribution in [2.75, 3.05) is 0 Å². The largest absolute Gasteiger partial charge is 0.477 e. The van der Waals surface area contributed by atoms with Crippen LogP contribution < -0.4 is 5.56 Å². The number of carboxylic acid groups (broad SMARTS) is 1. The Hall–Kier alpha value is -1.58. The van der Waals surface area contributed by atoms with Gasteiger partial charge in [0.25, 0.3) is 5.56 Å². The normalized spacial score (nSPS) is 15.3. The third-order valence-electron chi connectivity index (χ3n) is 2.67. The van der Waals surface area contributed by atoms with Crippen LogP contribution in [0.5, 0.6) is 0 Å². The predicted octanol–water partition coefficient (Wildman–Crippen LogP) is 1.33. The summed E-state index contributed by atoms with van der Waals surface area (Å²) in [4.78, 5) is 24.9. The number of carboxylic acids is 1. The van der Waals surface area contributed by atoms with Gasteiger partial charge in [0.2, 0.25) is 0 Å². The van der Waals surface area contributed by atoms with Gasteiger partial charge in [-0.25, -0.2) is 4.79 Å². The van der Waals surface area contributed by atoms with Crippen molar-refractivity contribution in [3.8, 4) is 0 Å². The van der Waals surface area contributed by atoms with Crippen molar-refractivity contribution in [1.82, 2.24) is 4.98 Å². The van der Waals surface area contributed by atoms with E-state index >= 15 is 0 Å². The van der Waals surface area contributed by atoms with Gasteiger partial charge in [0.15, 0.2) is 0 Å². The van der Waals surface area contributed by atoms with Crippen LogP contribution in [-0.2, 0) is 6.42 Å². The second kappa shape index (κ2) is 3.53. The van der Waals surface area contributed by atoms with Gasteiger partial charge in [0, 0.05) is 5.69 Å².